The number of rotatable bonds is 5. The van der Waals surface area contributed by atoms with Crippen molar-refractivity contribution in [1.29, 1.82) is 5.26 Å². The molecule has 0 amide bonds. The summed E-state index contributed by atoms with van der Waals surface area (Å²) in [5.41, 5.74) is 3.88. The van der Waals surface area contributed by atoms with E-state index >= 15 is 0 Å². The van der Waals surface area contributed by atoms with Crippen LogP contribution >= 0.6 is 11.8 Å². The molecule has 0 fully saturated rings. The van der Waals surface area contributed by atoms with E-state index in [0.29, 0.717) is 22.4 Å². The zero-order chi connectivity index (χ0) is 16.9. The van der Waals surface area contributed by atoms with Crippen LogP contribution in [0.25, 0.3) is 5.69 Å². The van der Waals surface area contributed by atoms with Gasteiger partial charge in [-0.3, -0.25) is 0 Å². The van der Waals surface area contributed by atoms with Gasteiger partial charge in [0.25, 0.3) is 0 Å². The van der Waals surface area contributed by atoms with E-state index in [9.17, 15) is 5.26 Å². The van der Waals surface area contributed by atoms with Crippen LogP contribution in [0, 0.1) is 11.3 Å². The summed E-state index contributed by atoms with van der Waals surface area (Å²) in [5, 5.41) is 21.9. The van der Waals surface area contributed by atoms with Crippen molar-refractivity contribution in [1.82, 2.24) is 20.2 Å². The number of tetrazole rings is 1. The maximum atomic E-state index is 9.17. The molecular formula is C18H17N5S. The van der Waals surface area contributed by atoms with Crippen LogP contribution in [0.15, 0.2) is 53.7 Å². The second-order valence-corrected chi connectivity index (χ2v) is 6.62. The molecule has 1 heterocycles. The lowest BCUT2D eigenvalue weighted by Gasteiger charge is -2.08. The van der Waals surface area contributed by atoms with Gasteiger partial charge in [0.2, 0.25) is 5.16 Å². The molecule has 0 unspecified atom stereocenters. The lowest BCUT2D eigenvalue weighted by atomic mass is 10.0. The molecule has 0 aliphatic rings. The fourth-order valence-electron chi connectivity index (χ4n) is 2.33. The lowest BCUT2D eigenvalue weighted by Crippen LogP contribution is -2.00. The average Bonchev–Trinajstić information content (AvgIpc) is 3.08. The van der Waals surface area contributed by atoms with Crippen LogP contribution in [0.2, 0.25) is 0 Å². The van der Waals surface area contributed by atoms with Crippen molar-refractivity contribution in [2.24, 2.45) is 0 Å². The van der Waals surface area contributed by atoms with Crippen molar-refractivity contribution in [2.45, 2.75) is 30.7 Å². The number of hydrogen-bond acceptors (Lipinski definition) is 5. The van der Waals surface area contributed by atoms with Crippen LogP contribution < -0.4 is 0 Å². The zero-order valence-electron chi connectivity index (χ0n) is 13.5. The highest BCUT2D eigenvalue weighted by Gasteiger charge is 2.11. The Morgan fingerprint density at radius 1 is 1.12 bits per heavy atom. The van der Waals surface area contributed by atoms with E-state index in [2.05, 4.69) is 47.6 Å². The Hall–Kier alpha value is -2.65. The normalized spacial score (nSPS) is 10.8. The molecule has 5 nitrogen and oxygen atoms in total. The van der Waals surface area contributed by atoms with Gasteiger partial charge in [-0.15, -0.1) is 5.10 Å². The third-order valence-electron chi connectivity index (χ3n) is 3.74. The van der Waals surface area contributed by atoms with Crippen LogP contribution in [-0.2, 0) is 5.75 Å². The molecule has 0 radical (unpaired) electrons. The van der Waals surface area contributed by atoms with E-state index in [-0.39, 0.29) is 0 Å². The van der Waals surface area contributed by atoms with Gasteiger partial charge < -0.3 is 0 Å². The monoisotopic (exact) mass is 335 g/mol. The summed E-state index contributed by atoms with van der Waals surface area (Å²) in [6.07, 6.45) is 0. The standard InChI is InChI=1S/C18H17N5S/c1-13(2)14-7-9-17(10-8-14)23-18(20-21-22-23)24-12-16-6-4-3-5-15(16)11-19/h3-10,13H,12H2,1-2H3. The molecule has 0 saturated heterocycles. The summed E-state index contributed by atoms with van der Waals surface area (Å²) in [4.78, 5) is 0. The zero-order valence-corrected chi connectivity index (χ0v) is 14.4. The van der Waals surface area contributed by atoms with E-state index in [1.807, 2.05) is 36.4 Å². The molecule has 0 aliphatic heterocycles. The number of thioether (sulfide) groups is 1. The second kappa shape index (κ2) is 7.28. The lowest BCUT2D eigenvalue weighted by molar-refractivity contribution is 0.754. The molecular weight excluding hydrogens is 318 g/mol. The molecule has 0 bridgehead atoms. The minimum absolute atomic E-state index is 0.490. The second-order valence-electron chi connectivity index (χ2n) is 5.68. The maximum Gasteiger partial charge on any atom is 0.214 e. The summed E-state index contributed by atoms with van der Waals surface area (Å²) in [7, 11) is 0. The van der Waals surface area contributed by atoms with Gasteiger partial charge in [-0.05, 0) is 45.7 Å². The van der Waals surface area contributed by atoms with Crippen LogP contribution in [0.1, 0.15) is 36.5 Å². The smallest absolute Gasteiger partial charge is 0.192 e. The van der Waals surface area contributed by atoms with Crippen molar-refractivity contribution in [3.05, 3.63) is 65.2 Å². The van der Waals surface area contributed by atoms with Gasteiger partial charge in [0, 0.05) is 5.75 Å². The molecule has 3 rings (SSSR count). The summed E-state index contributed by atoms with van der Waals surface area (Å²) in [5.74, 6) is 1.14. The topological polar surface area (TPSA) is 67.4 Å². The highest BCUT2D eigenvalue weighted by atomic mass is 32.2. The quantitative estimate of drug-likeness (QED) is 0.660. The SMILES string of the molecule is CC(C)c1ccc(-n2nnnc2SCc2ccccc2C#N)cc1. The number of benzene rings is 2. The van der Waals surface area contributed by atoms with Gasteiger partial charge in [-0.25, -0.2) is 0 Å². The Morgan fingerprint density at radius 3 is 2.58 bits per heavy atom. The van der Waals surface area contributed by atoms with E-state index in [0.717, 1.165) is 11.3 Å². The molecule has 0 N–H and O–H groups in total. The number of hydrogen-bond donors (Lipinski definition) is 0. The molecule has 6 heteroatoms. The minimum atomic E-state index is 0.490. The van der Waals surface area contributed by atoms with Gasteiger partial charge in [0.15, 0.2) is 0 Å². The van der Waals surface area contributed by atoms with Crippen LogP contribution in [0.4, 0.5) is 0 Å². The first-order chi connectivity index (χ1) is 11.7. The molecule has 3 aromatic rings. The minimum Gasteiger partial charge on any atom is -0.192 e. The molecule has 2 aromatic carbocycles. The van der Waals surface area contributed by atoms with Gasteiger partial charge in [0.05, 0.1) is 17.3 Å². The number of aromatic nitrogens is 4. The first-order valence-electron chi connectivity index (χ1n) is 7.68. The van der Waals surface area contributed by atoms with E-state index in [1.165, 1.54) is 17.3 Å². The Kier molecular flexibility index (Phi) is 4.92. The molecule has 1 aromatic heterocycles. The Morgan fingerprint density at radius 2 is 1.88 bits per heavy atom. The number of nitrogens with zero attached hydrogens (tertiary/aromatic N) is 5. The Balaban J connectivity index is 1.79. The van der Waals surface area contributed by atoms with Crippen molar-refractivity contribution in [3.63, 3.8) is 0 Å². The largest absolute Gasteiger partial charge is 0.214 e. The number of nitriles is 1. The van der Waals surface area contributed by atoms with Crippen molar-refractivity contribution < 1.29 is 0 Å². The van der Waals surface area contributed by atoms with Gasteiger partial charge in [-0.1, -0.05) is 55.9 Å². The highest BCUT2D eigenvalue weighted by molar-refractivity contribution is 7.98. The Labute approximate surface area is 145 Å². The fraction of sp³-hybridized carbons (Fsp3) is 0.222. The van der Waals surface area contributed by atoms with Crippen molar-refractivity contribution in [3.8, 4) is 11.8 Å². The molecule has 0 aliphatic carbocycles. The summed E-state index contributed by atoms with van der Waals surface area (Å²) < 4.78 is 1.73. The van der Waals surface area contributed by atoms with E-state index in [1.54, 1.807) is 4.68 Å². The molecule has 0 atom stereocenters. The summed E-state index contributed by atoms with van der Waals surface area (Å²) in [6.45, 7) is 4.33. The predicted octanol–water partition coefficient (Wildman–Crippen LogP) is 3.95. The molecule has 0 saturated carbocycles. The predicted molar refractivity (Wildman–Crippen MR) is 94.0 cm³/mol. The summed E-state index contributed by atoms with van der Waals surface area (Å²) in [6, 6.07) is 18.0. The first-order valence-corrected chi connectivity index (χ1v) is 8.67. The van der Waals surface area contributed by atoms with Gasteiger partial charge in [0.1, 0.15) is 0 Å². The molecule has 24 heavy (non-hydrogen) atoms. The maximum absolute atomic E-state index is 9.17. The first kappa shape index (κ1) is 16.2. The van der Waals surface area contributed by atoms with Gasteiger partial charge in [-0.2, -0.15) is 9.94 Å². The van der Waals surface area contributed by atoms with Gasteiger partial charge >= 0.3 is 0 Å². The van der Waals surface area contributed by atoms with Crippen LogP contribution in [0.5, 0.6) is 0 Å². The molecule has 120 valence electrons. The summed E-state index contributed by atoms with van der Waals surface area (Å²) >= 11 is 1.52. The Bertz CT molecular complexity index is 862. The van der Waals surface area contributed by atoms with Crippen LogP contribution in [0.3, 0.4) is 0 Å². The average molecular weight is 335 g/mol. The van der Waals surface area contributed by atoms with E-state index < -0.39 is 0 Å². The van der Waals surface area contributed by atoms with E-state index in [4.69, 9.17) is 0 Å². The highest BCUT2D eigenvalue weighted by Crippen LogP contribution is 2.24. The van der Waals surface area contributed by atoms with Crippen molar-refractivity contribution in [2.75, 3.05) is 0 Å². The fourth-order valence-corrected chi connectivity index (χ4v) is 3.22. The van der Waals surface area contributed by atoms with Crippen molar-refractivity contribution >= 4 is 11.8 Å². The third kappa shape index (κ3) is 3.47. The molecule has 0 spiro atoms. The third-order valence-corrected chi connectivity index (χ3v) is 4.71. The van der Waals surface area contributed by atoms with Crippen LogP contribution in [-0.4, -0.2) is 20.2 Å².